The second-order valence-corrected chi connectivity index (χ2v) is 14.2. The van der Waals surface area contributed by atoms with Crippen LogP contribution in [0.25, 0.3) is 66.9 Å². The molecule has 2 aliphatic carbocycles. The van der Waals surface area contributed by atoms with Gasteiger partial charge in [0.25, 0.3) is 0 Å². The van der Waals surface area contributed by atoms with Crippen molar-refractivity contribution >= 4 is 28.2 Å². The fraction of sp³-hybridized carbons (Fsp3) is 0.0204. The van der Waals surface area contributed by atoms with Gasteiger partial charge in [-0.05, 0) is 79.7 Å². The summed E-state index contributed by atoms with van der Waals surface area (Å²) in [5.74, 6) is 2.53. The monoisotopic (exact) mass is 687 g/mol. The molecular formula is C49H29N5. The van der Waals surface area contributed by atoms with Crippen LogP contribution in [0.1, 0.15) is 22.3 Å². The highest BCUT2D eigenvalue weighted by molar-refractivity contribution is 6.19. The first-order valence-electron chi connectivity index (χ1n) is 18.3. The normalized spacial score (nSPS) is 13.7. The molecule has 0 saturated carbocycles. The zero-order chi connectivity index (χ0) is 35.4. The van der Waals surface area contributed by atoms with Crippen molar-refractivity contribution in [2.45, 2.75) is 5.41 Å². The van der Waals surface area contributed by atoms with Crippen molar-refractivity contribution in [2.24, 2.45) is 0 Å². The van der Waals surface area contributed by atoms with Crippen LogP contribution in [-0.2, 0) is 5.41 Å². The molecule has 1 spiro atoms. The van der Waals surface area contributed by atoms with Crippen molar-refractivity contribution in [3.63, 3.8) is 0 Å². The molecule has 1 aliphatic heterocycles. The molecule has 0 saturated heterocycles. The Hall–Kier alpha value is -7.24. The predicted octanol–water partition coefficient (Wildman–Crippen LogP) is 11.5. The van der Waals surface area contributed by atoms with Crippen molar-refractivity contribution in [3.8, 4) is 56.2 Å². The third-order valence-electron chi connectivity index (χ3n) is 11.5. The Morgan fingerprint density at radius 1 is 0.426 bits per heavy atom. The van der Waals surface area contributed by atoms with Crippen molar-refractivity contribution in [1.82, 2.24) is 19.9 Å². The Morgan fingerprint density at radius 3 is 1.63 bits per heavy atom. The van der Waals surface area contributed by atoms with Gasteiger partial charge in [0, 0.05) is 28.3 Å². The number of nitrogens with zero attached hydrogens (tertiary/aromatic N) is 5. The largest absolute Gasteiger partial charge is 0.262 e. The van der Waals surface area contributed by atoms with E-state index in [-0.39, 0.29) is 0 Å². The van der Waals surface area contributed by atoms with E-state index in [9.17, 15) is 0 Å². The highest BCUT2D eigenvalue weighted by Crippen LogP contribution is 2.65. The fourth-order valence-corrected chi connectivity index (χ4v) is 9.44. The summed E-state index contributed by atoms with van der Waals surface area (Å²) in [6, 6.07) is 60.6. The maximum atomic E-state index is 5.19. The molecular weight excluding hydrogens is 659 g/mol. The van der Waals surface area contributed by atoms with E-state index in [1.807, 2.05) is 72.9 Å². The SMILES string of the molecule is c1ccc(-c2nc(-c3ccccc3)nc(N3c4ncccc4-c4cc5c(c6cccc3c46)-c3ccccc3C53c4ccccc4-c4ccccc43)n2)cc1. The summed E-state index contributed by atoms with van der Waals surface area (Å²) in [6.07, 6.45) is 1.86. The molecule has 250 valence electrons. The number of rotatable bonds is 3. The van der Waals surface area contributed by atoms with Crippen LogP contribution >= 0.6 is 0 Å². The summed E-state index contributed by atoms with van der Waals surface area (Å²) in [4.78, 5) is 22.6. The zero-order valence-corrected chi connectivity index (χ0v) is 29.0. The third-order valence-corrected chi connectivity index (χ3v) is 11.5. The molecule has 9 aromatic rings. The van der Waals surface area contributed by atoms with Crippen molar-refractivity contribution in [1.29, 1.82) is 0 Å². The van der Waals surface area contributed by atoms with Gasteiger partial charge in [0.1, 0.15) is 5.82 Å². The molecule has 0 unspecified atom stereocenters. The highest BCUT2D eigenvalue weighted by atomic mass is 15.3. The van der Waals surface area contributed by atoms with Gasteiger partial charge in [0.2, 0.25) is 5.95 Å². The minimum atomic E-state index is -0.456. The molecule has 0 atom stereocenters. The smallest absolute Gasteiger partial charge is 0.240 e. The van der Waals surface area contributed by atoms with E-state index in [0.717, 1.165) is 39.1 Å². The van der Waals surface area contributed by atoms with Crippen LogP contribution in [0.2, 0.25) is 0 Å². The van der Waals surface area contributed by atoms with Gasteiger partial charge in [-0.1, -0.05) is 146 Å². The first kappa shape index (κ1) is 29.3. The number of fused-ring (bicyclic) bond motifs is 13. The Labute approximate surface area is 311 Å². The summed E-state index contributed by atoms with van der Waals surface area (Å²) >= 11 is 0. The summed E-state index contributed by atoms with van der Waals surface area (Å²) in [7, 11) is 0. The van der Waals surface area contributed by atoms with Crippen LogP contribution in [0.4, 0.5) is 17.5 Å². The van der Waals surface area contributed by atoms with Gasteiger partial charge in [-0.15, -0.1) is 0 Å². The van der Waals surface area contributed by atoms with Gasteiger partial charge in [0.05, 0.1) is 11.1 Å². The van der Waals surface area contributed by atoms with Crippen LogP contribution in [0.15, 0.2) is 176 Å². The van der Waals surface area contributed by atoms with Crippen LogP contribution in [-0.4, -0.2) is 19.9 Å². The van der Waals surface area contributed by atoms with E-state index in [2.05, 4.69) is 108 Å². The number of pyridine rings is 1. The summed E-state index contributed by atoms with van der Waals surface area (Å²) in [5, 5.41) is 2.36. The average Bonchev–Trinajstić information content (AvgIpc) is 3.72. The molecule has 0 fully saturated rings. The van der Waals surface area contributed by atoms with E-state index >= 15 is 0 Å². The quantitative estimate of drug-likeness (QED) is 0.185. The van der Waals surface area contributed by atoms with Gasteiger partial charge in [-0.3, -0.25) is 4.90 Å². The summed E-state index contributed by atoms with van der Waals surface area (Å²) < 4.78 is 0. The lowest BCUT2D eigenvalue weighted by atomic mass is 9.70. The maximum absolute atomic E-state index is 5.19. The summed E-state index contributed by atoms with van der Waals surface area (Å²) in [6.45, 7) is 0. The van der Waals surface area contributed by atoms with Crippen LogP contribution in [0, 0.1) is 0 Å². The Morgan fingerprint density at radius 2 is 0.981 bits per heavy atom. The Bertz CT molecular complexity index is 2910. The molecule has 0 radical (unpaired) electrons. The lowest BCUT2D eigenvalue weighted by Crippen LogP contribution is -2.26. The van der Waals surface area contributed by atoms with E-state index in [1.54, 1.807) is 0 Å². The third kappa shape index (κ3) is 3.77. The van der Waals surface area contributed by atoms with Gasteiger partial charge in [-0.25, -0.2) is 9.97 Å². The average molecular weight is 688 g/mol. The lowest BCUT2D eigenvalue weighted by Gasteiger charge is -2.34. The van der Waals surface area contributed by atoms with E-state index in [1.165, 1.54) is 49.9 Å². The second kappa shape index (κ2) is 10.9. The van der Waals surface area contributed by atoms with Gasteiger partial charge in [-0.2, -0.15) is 9.97 Å². The minimum absolute atomic E-state index is 0.456. The van der Waals surface area contributed by atoms with E-state index in [4.69, 9.17) is 19.9 Å². The zero-order valence-electron chi connectivity index (χ0n) is 29.0. The second-order valence-electron chi connectivity index (χ2n) is 14.2. The fourth-order valence-electron chi connectivity index (χ4n) is 9.44. The van der Waals surface area contributed by atoms with Crippen LogP contribution < -0.4 is 4.90 Å². The number of benzene rings is 7. The van der Waals surface area contributed by atoms with Crippen molar-refractivity contribution in [2.75, 3.05) is 4.90 Å². The van der Waals surface area contributed by atoms with Crippen molar-refractivity contribution < 1.29 is 0 Å². The Kier molecular flexibility index (Phi) is 5.92. The van der Waals surface area contributed by atoms with Crippen LogP contribution in [0.3, 0.4) is 0 Å². The highest BCUT2D eigenvalue weighted by Gasteiger charge is 2.52. The molecule has 3 aliphatic rings. The first-order chi connectivity index (χ1) is 26.8. The molecule has 0 bridgehead atoms. The molecule has 0 N–H and O–H groups in total. The minimum Gasteiger partial charge on any atom is -0.262 e. The molecule has 7 aromatic carbocycles. The number of hydrogen-bond donors (Lipinski definition) is 0. The predicted molar refractivity (Wildman–Crippen MR) is 216 cm³/mol. The molecule has 2 aromatic heterocycles. The van der Waals surface area contributed by atoms with Gasteiger partial charge in [0.15, 0.2) is 11.6 Å². The standard InChI is InChI=1S/C49H29N5/c1-3-15-30(16-4-1)45-51-46(31-17-5-2-6-18-31)53-48(52-45)54-42-27-13-22-36-43-35-21-9-12-26-40(35)49(38-24-10-7-19-32(38)33-20-8-11-25-39(33)49)41(43)29-37(44(36)42)34-23-14-28-50-47(34)54/h1-29H. The van der Waals surface area contributed by atoms with Gasteiger partial charge >= 0.3 is 0 Å². The maximum Gasteiger partial charge on any atom is 0.240 e. The number of anilines is 3. The molecule has 54 heavy (non-hydrogen) atoms. The molecule has 0 amide bonds. The molecule has 3 heterocycles. The van der Waals surface area contributed by atoms with E-state index < -0.39 is 5.41 Å². The topological polar surface area (TPSA) is 54.8 Å². The number of hydrogen-bond acceptors (Lipinski definition) is 5. The lowest BCUT2D eigenvalue weighted by molar-refractivity contribution is 0.794. The summed E-state index contributed by atoms with van der Waals surface area (Å²) in [5.41, 5.74) is 15.0. The Balaban J connectivity index is 1.19. The first-order valence-corrected chi connectivity index (χ1v) is 18.3. The molecule has 5 nitrogen and oxygen atoms in total. The molecule has 5 heteroatoms. The van der Waals surface area contributed by atoms with Gasteiger partial charge < -0.3 is 0 Å². The van der Waals surface area contributed by atoms with E-state index in [0.29, 0.717) is 17.6 Å². The molecule has 12 rings (SSSR count). The van der Waals surface area contributed by atoms with Crippen LogP contribution in [0.5, 0.6) is 0 Å². The number of aromatic nitrogens is 4. The van der Waals surface area contributed by atoms with Crippen molar-refractivity contribution in [3.05, 3.63) is 198 Å².